The molecule has 2 aliphatic rings. The van der Waals surface area contributed by atoms with Crippen molar-refractivity contribution in [1.82, 2.24) is 4.90 Å². The zero-order valence-electron chi connectivity index (χ0n) is 9.14. The van der Waals surface area contributed by atoms with E-state index in [2.05, 4.69) is 11.8 Å². The minimum Gasteiger partial charge on any atom is -0.402 e. The van der Waals surface area contributed by atoms with E-state index in [0.717, 1.165) is 6.54 Å². The van der Waals surface area contributed by atoms with Crippen LogP contribution >= 0.6 is 0 Å². The second-order valence-electron chi connectivity index (χ2n) is 3.81. The maximum atomic E-state index is 5.98. The molecule has 2 rings (SSSR count). The van der Waals surface area contributed by atoms with Gasteiger partial charge in [-0.3, -0.25) is 4.90 Å². The van der Waals surface area contributed by atoms with Crippen molar-refractivity contribution in [3.63, 3.8) is 0 Å². The summed E-state index contributed by atoms with van der Waals surface area (Å²) in [4.78, 5) is 2.51. The first kappa shape index (κ1) is 10.6. The molecule has 2 bridgehead atoms. The first-order valence-corrected chi connectivity index (χ1v) is 5.45. The molecule has 0 radical (unpaired) electrons. The molecule has 2 heteroatoms. The Morgan fingerprint density at radius 1 is 1.38 bits per heavy atom. The largest absolute Gasteiger partial charge is 0.402 e. The summed E-state index contributed by atoms with van der Waals surface area (Å²) in [5.41, 5.74) is 8.57. The van der Waals surface area contributed by atoms with Crippen molar-refractivity contribution in [2.75, 3.05) is 19.6 Å². The molecular formula is C11H22N2. The Labute approximate surface area is 81.8 Å². The van der Waals surface area contributed by atoms with E-state index in [9.17, 15) is 0 Å². The molecule has 0 aliphatic carbocycles. The average molecular weight is 182 g/mol. The molecule has 0 saturated carbocycles. The van der Waals surface area contributed by atoms with Crippen LogP contribution in [0.15, 0.2) is 11.3 Å². The third kappa shape index (κ3) is 2.25. The standard InChI is InChI=1S/C9H16N2.C2H6/c1-7-5-11-4-2-3-8(6-11)9(7)10;1-2/h8H,2-6,10H2,1H3;1-2H3. The summed E-state index contributed by atoms with van der Waals surface area (Å²) in [5.74, 6) is 0.678. The van der Waals surface area contributed by atoms with Gasteiger partial charge < -0.3 is 5.73 Å². The van der Waals surface area contributed by atoms with E-state index in [1.165, 1.54) is 37.2 Å². The third-order valence-corrected chi connectivity index (χ3v) is 2.90. The molecule has 2 aliphatic heterocycles. The minimum absolute atomic E-state index is 0.678. The van der Waals surface area contributed by atoms with Crippen LogP contribution in [0.1, 0.15) is 33.6 Å². The highest BCUT2D eigenvalue weighted by atomic mass is 15.1. The van der Waals surface area contributed by atoms with E-state index in [1.54, 1.807) is 0 Å². The maximum Gasteiger partial charge on any atom is 0.0210 e. The molecule has 0 spiro atoms. The van der Waals surface area contributed by atoms with Crippen LogP contribution < -0.4 is 5.73 Å². The Bertz CT molecular complexity index is 196. The first-order chi connectivity index (χ1) is 6.27. The third-order valence-electron chi connectivity index (χ3n) is 2.90. The van der Waals surface area contributed by atoms with Gasteiger partial charge in [-0.1, -0.05) is 13.8 Å². The number of rotatable bonds is 0. The molecule has 0 aromatic heterocycles. The lowest BCUT2D eigenvalue weighted by Crippen LogP contribution is -2.43. The molecule has 0 aromatic carbocycles. The van der Waals surface area contributed by atoms with Gasteiger partial charge in [0.15, 0.2) is 0 Å². The fourth-order valence-corrected chi connectivity index (χ4v) is 2.23. The monoisotopic (exact) mass is 182 g/mol. The van der Waals surface area contributed by atoms with Crippen molar-refractivity contribution in [3.8, 4) is 0 Å². The van der Waals surface area contributed by atoms with Crippen molar-refractivity contribution >= 4 is 0 Å². The van der Waals surface area contributed by atoms with E-state index < -0.39 is 0 Å². The summed E-state index contributed by atoms with van der Waals surface area (Å²) < 4.78 is 0. The highest BCUT2D eigenvalue weighted by Gasteiger charge is 2.27. The van der Waals surface area contributed by atoms with Gasteiger partial charge >= 0.3 is 0 Å². The molecule has 0 aromatic rings. The molecule has 13 heavy (non-hydrogen) atoms. The number of hydrogen-bond donors (Lipinski definition) is 1. The summed E-state index contributed by atoms with van der Waals surface area (Å²) in [7, 11) is 0. The second-order valence-corrected chi connectivity index (χ2v) is 3.81. The Morgan fingerprint density at radius 3 is 2.77 bits per heavy atom. The van der Waals surface area contributed by atoms with Gasteiger partial charge in [0.25, 0.3) is 0 Å². The normalized spacial score (nSPS) is 32.2. The van der Waals surface area contributed by atoms with E-state index in [4.69, 9.17) is 5.73 Å². The summed E-state index contributed by atoms with van der Waals surface area (Å²) >= 11 is 0. The minimum atomic E-state index is 0.678. The average Bonchev–Trinajstić information content (AvgIpc) is 2.18. The van der Waals surface area contributed by atoms with Crippen molar-refractivity contribution < 1.29 is 0 Å². The van der Waals surface area contributed by atoms with Crippen molar-refractivity contribution in [2.45, 2.75) is 33.6 Å². The van der Waals surface area contributed by atoms with Crippen LogP contribution in [0, 0.1) is 5.92 Å². The number of nitrogens with zero attached hydrogens (tertiary/aromatic N) is 1. The molecule has 0 amide bonds. The van der Waals surface area contributed by atoms with Crippen molar-refractivity contribution in [3.05, 3.63) is 11.3 Å². The van der Waals surface area contributed by atoms with Crippen LogP contribution in [0.25, 0.3) is 0 Å². The summed E-state index contributed by atoms with van der Waals surface area (Å²) in [5, 5.41) is 0. The molecule has 2 heterocycles. The lowest BCUT2D eigenvalue weighted by Gasteiger charge is -2.38. The van der Waals surface area contributed by atoms with Gasteiger partial charge in [-0.05, 0) is 31.9 Å². The molecule has 2 nitrogen and oxygen atoms in total. The quantitative estimate of drug-likeness (QED) is 0.620. The summed E-state index contributed by atoms with van der Waals surface area (Å²) in [6.07, 6.45) is 2.64. The fraction of sp³-hybridized carbons (Fsp3) is 0.818. The Balaban J connectivity index is 0.000000396. The van der Waals surface area contributed by atoms with Crippen LogP contribution in [-0.2, 0) is 0 Å². The van der Waals surface area contributed by atoms with Gasteiger partial charge in [-0.15, -0.1) is 0 Å². The van der Waals surface area contributed by atoms with E-state index in [0.29, 0.717) is 5.92 Å². The molecule has 76 valence electrons. The lowest BCUT2D eigenvalue weighted by molar-refractivity contribution is 0.186. The summed E-state index contributed by atoms with van der Waals surface area (Å²) in [6.45, 7) is 9.77. The Hall–Kier alpha value is -0.500. The topological polar surface area (TPSA) is 29.3 Å². The molecule has 2 atom stereocenters. The number of fused-ring (bicyclic) bond motifs is 2. The second kappa shape index (κ2) is 4.66. The highest BCUT2D eigenvalue weighted by molar-refractivity contribution is 5.18. The zero-order chi connectivity index (χ0) is 9.84. The van der Waals surface area contributed by atoms with Gasteiger partial charge in [-0.25, -0.2) is 0 Å². The van der Waals surface area contributed by atoms with Crippen LogP contribution in [0.3, 0.4) is 0 Å². The van der Waals surface area contributed by atoms with Crippen LogP contribution in [-0.4, -0.2) is 24.5 Å². The number of piperidine rings is 1. The van der Waals surface area contributed by atoms with E-state index in [1.807, 2.05) is 13.8 Å². The van der Waals surface area contributed by atoms with Gasteiger partial charge in [0.1, 0.15) is 0 Å². The molecule has 1 saturated heterocycles. The van der Waals surface area contributed by atoms with Crippen LogP contribution in [0.5, 0.6) is 0 Å². The SMILES string of the molecule is CC.CC1=C(N)C2CCCN(C1)C2. The zero-order valence-corrected chi connectivity index (χ0v) is 9.14. The molecule has 1 fully saturated rings. The first-order valence-electron chi connectivity index (χ1n) is 5.45. The molecule has 2 N–H and O–H groups in total. The van der Waals surface area contributed by atoms with Gasteiger partial charge in [0.05, 0.1) is 0 Å². The number of nitrogens with two attached hydrogens (primary N) is 1. The fourth-order valence-electron chi connectivity index (χ4n) is 2.23. The van der Waals surface area contributed by atoms with Crippen LogP contribution in [0.4, 0.5) is 0 Å². The lowest BCUT2D eigenvalue weighted by atomic mass is 9.89. The number of hydrogen-bond acceptors (Lipinski definition) is 2. The van der Waals surface area contributed by atoms with Crippen molar-refractivity contribution in [2.24, 2.45) is 11.7 Å². The van der Waals surface area contributed by atoms with Crippen LogP contribution in [0.2, 0.25) is 0 Å². The Kier molecular flexibility index (Phi) is 3.79. The van der Waals surface area contributed by atoms with Gasteiger partial charge in [-0.2, -0.15) is 0 Å². The van der Waals surface area contributed by atoms with Crippen molar-refractivity contribution in [1.29, 1.82) is 0 Å². The maximum absolute atomic E-state index is 5.98. The molecule has 2 unspecified atom stereocenters. The van der Waals surface area contributed by atoms with Gasteiger partial charge in [0.2, 0.25) is 0 Å². The summed E-state index contributed by atoms with van der Waals surface area (Å²) in [6, 6.07) is 0. The van der Waals surface area contributed by atoms with Gasteiger partial charge in [0, 0.05) is 24.7 Å². The van der Waals surface area contributed by atoms with E-state index in [-0.39, 0.29) is 0 Å². The smallest absolute Gasteiger partial charge is 0.0210 e. The predicted octanol–water partition coefficient (Wildman–Crippen LogP) is 1.97. The molecular weight excluding hydrogens is 160 g/mol. The Morgan fingerprint density at radius 2 is 2.08 bits per heavy atom. The predicted molar refractivity (Wildman–Crippen MR) is 57.4 cm³/mol. The van der Waals surface area contributed by atoms with E-state index >= 15 is 0 Å². The highest BCUT2D eigenvalue weighted by Crippen LogP contribution is 2.27.